The van der Waals surface area contributed by atoms with Crippen LogP contribution in [0.25, 0.3) is 0 Å². The van der Waals surface area contributed by atoms with Crippen molar-refractivity contribution in [1.29, 1.82) is 0 Å². The number of aliphatic hydroxyl groups excluding tert-OH is 1. The molecule has 0 unspecified atom stereocenters. The van der Waals surface area contributed by atoms with Gasteiger partial charge in [-0.25, -0.2) is 0 Å². The topological polar surface area (TPSA) is 37.3 Å². The zero-order valence-electron chi connectivity index (χ0n) is 7.16. The number of aliphatic hydroxyl groups is 1. The fourth-order valence-corrected chi connectivity index (χ4v) is 0.888. The minimum absolute atomic E-state index is 0.0437. The minimum atomic E-state index is 0.0437. The Kier molecular flexibility index (Phi) is 3.74. The second kappa shape index (κ2) is 5.13. The zero-order chi connectivity index (χ0) is 9.52. The Morgan fingerprint density at radius 2 is 2.00 bits per heavy atom. The molecule has 0 aliphatic carbocycles. The summed E-state index contributed by atoms with van der Waals surface area (Å²) in [5.74, 6) is 5.54. The zero-order valence-corrected chi connectivity index (χ0v) is 7.16. The normalized spacial score (nSPS) is 8.69. The molecular weight excluding hydrogens is 164 g/mol. The van der Waals surface area contributed by atoms with E-state index in [0.29, 0.717) is 0 Å². The van der Waals surface area contributed by atoms with Crippen molar-refractivity contribution in [1.82, 2.24) is 0 Å². The Hall–Kier alpha value is -1.59. The average molecular weight is 174 g/mol. The summed E-state index contributed by atoms with van der Waals surface area (Å²) in [5, 5.41) is 8.76. The van der Waals surface area contributed by atoms with Crippen LogP contribution in [0.4, 0.5) is 0 Å². The maximum Gasteiger partial charge on any atom is 0.131 e. The number of carbonyl (C=O) groups excluding carboxylic acids is 1. The number of hydrogen-bond donors (Lipinski definition) is 1. The Balaban J connectivity index is 2.70. The highest BCUT2D eigenvalue weighted by Gasteiger charge is 1.88. The molecule has 0 aromatic heterocycles. The van der Waals surface area contributed by atoms with E-state index in [4.69, 9.17) is 5.11 Å². The van der Waals surface area contributed by atoms with Gasteiger partial charge in [0.25, 0.3) is 0 Å². The number of hydrogen-bond acceptors (Lipinski definition) is 2. The Bertz CT molecular complexity index is 327. The quantitative estimate of drug-likeness (QED) is 0.539. The molecule has 0 spiro atoms. The van der Waals surface area contributed by atoms with Crippen molar-refractivity contribution in [2.24, 2.45) is 0 Å². The summed E-state index contributed by atoms with van der Waals surface area (Å²) in [6.45, 7) is 0.0437. The molecule has 0 amide bonds. The highest BCUT2D eigenvalue weighted by atomic mass is 16.3. The van der Waals surface area contributed by atoms with E-state index in [1.54, 1.807) is 0 Å². The van der Waals surface area contributed by atoms with Crippen molar-refractivity contribution < 1.29 is 9.90 Å². The van der Waals surface area contributed by atoms with Gasteiger partial charge in [-0.05, 0) is 17.7 Å². The maximum atomic E-state index is 9.96. The van der Waals surface area contributed by atoms with E-state index in [-0.39, 0.29) is 13.0 Å². The van der Waals surface area contributed by atoms with Crippen LogP contribution in [0.3, 0.4) is 0 Å². The lowest BCUT2D eigenvalue weighted by molar-refractivity contribution is -0.107. The van der Waals surface area contributed by atoms with Crippen molar-refractivity contribution in [2.45, 2.75) is 13.0 Å². The van der Waals surface area contributed by atoms with Crippen LogP contribution in [0.1, 0.15) is 17.5 Å². The number of benzene rings is 1. The number of rotatable bonds is 2. The molecule has 0 aliphatic rings. The molecule has 13 heavy (non-hydrogen) atoms. The van der Waals surface area contributed by atoms with Crippen LogP contribution in [-0.2, 0) is 11.4 Å². The van der Waals surface area contributed by atoms with Crippen molar-refractivity contribution in [2.75, 3.05) is 0 Å². The molecule has 2 nitrogen and oxygen atoms in total. The van der Waals surface area contributed by atoms with E-state index < -0.39 is 0 Å². The van der Waals surface area contributed by atoms with Gasteiger partial charge >= 0.3 is 0 Å². The molecule has 0 saturated heterocycles. The predicted octanol–water partition coefficient (Wildman–Crippen LogP) is 1.12. The van der Waals surface area contributed by atoms with Crippen LogP contribution in [0.15, 0.2) is 24.3 Å². The van der Waals surface area contributed by atoms with Crippen molar-refractivity contribution in [3.63, 3.8) is 0 Å². The van der Waals surface area contributed by atoms with Crippen LogP contribution in [-0.4, -0.2) is 11.4 Å². The molecule has 1 rings (SSSR count). The van der Waals surface area contributed by atoms with Crippen LogP contribution in [0, 0.1) is 11.8 Å². The molecule has 0 radical (unpaired) electrons. The first kappa shape index (κ1) is 9.50. The summed E-state index contributed by atoms with van der Waals surface area (Å²) in [7, 11) is 0. The Morgan fingerprint density at radius 3 is 2.54 bits per heavy atom. The molecule has 0 atom stereocenters. The molecule has 1 N–H and O–H groups in total. The van der Waals surface area contributed by atoms with Gasteiger partial charge in [0.05, 0.1) is 13.0 Å². The fraction of sp³-hybridized carbons (Fsp3) is 0.182. The van der Waals surface area contributed by atoms with Crippen molar-refractivity contribution >= 4 is 6.29 Å². The highest BCUT2D eigenvalue weighted by molar-refractivity contribution is 5.54. The van der Waals surface area contributed by atoms with Gasteiger partial charge in [-0.1, -0.05) is 24.0 Å². The molecule has 0 aliphatic heterocycles. The lowest BCUT2D eigenvalue weighted by Crippen LogP contribution is -1.82. The third-order valence-corrected chi connectivity index (χ3v) is 1.55. The van der Waals surface area contributed by atoms with Gasteiger partial charge in [-0.2, -0.15) is 0 Å². The van der Waals surface area contributed by atoms with Gasteiger partial charge in [-0.3, -0.25) is 0 Å². The summed E-state index contributed by atoms with van der Waals surface area (Å²) in [6, 6.07) is 7.27. The van der Waals surface area contributed by atoms with Crippen LogP contribution >= 0.6 is 0 Å². The molecule has 0 heterocycles. The highest BCUT2D eigenvalue weighted by Crippen LogP contribution is 2.02. The molecule has 0 fully saturated rings. The van der Waals surface area contributed by atoms with Gasteiger partial charge in [0.15, 0.2) is 0 Å². The summed E-state index contributed by atoms with van der Waals surface area (Å²) >= 11 is 0. The van der Waals surface area contributed by atoms with Gasteiger partial charge in [-0.15, -0.1) is 0 Å². The predicted molar refractivity (Wildman–Crippen MR) is 49.9 cm³/mol. The number of carbonyl (C=O) groups is 1. The van der Waals surface area contributed by atoms with Crippen LogP contribution in [0.5, 0.6) is 0 Å². The van der Waals surface area contributed by atoms with E-state index in [0.717, 1.165) is 17.4 Å². The summed E-state index contributed by atoms with van der Waals surface area (Å²) < 4.78 is 0. The molecule has 1 aromatic carbocycles. The smallest absolute Gasteiger partial charge is 0.131 e. The van der Waals surface area contributed by atoms with Gasteiger partial charge in [0.2, 0.25) is 0 Å². The lowest BCUT2D eigenvalue weighted by atomic mass is 10.1. The first-order valence-electron chi connectivity index (χ1n) is 3.99. The molecular formula is C11H10O2. The Labute approximate surface area is 77.2 Å². The summed E-state index contributed by atoms with van der Waals surface area (Å²) in [6.07, 6.45) is 1.04. The molecule has 0 saturated carbocycles. The minimum Gasteiger partial charge on any atom is -0.392 e. The number of aldehydes is 1. The van der Waals surface area contributed by atoms with Crippen LogP contribution in [0.2, 0.25) is 0 Å². The van der Waals surface area contributed by atoms with Gasteiger partial charge in [0.1, 0.15) is 6.29 Å². The Morgan fingerprint density at radius 1 is 1.31 bits per heavy atom. The van der Waals surface area contributed by atoms with Gasteiger partial charge < -0.3 is 9.90 Å². The third-order valence-electron chi connectivity index (χ3n) is 1.55. The van der Waals surface area contributed by atoms with Crippen molar-refractivity contribution in [3.8, 4) is 11.8 Å². The largest absolute Gasteiger partial charge is 0.392 e. The molecule has 0 bridgehead atoms. The van der Waals surface area contributed by atoms with Crippen LogP contribution < -0.4 is 0 Å². The molecule has 66 valence electrons. The second-order valence-corrected chi connectivity index (χ2v) is 2.53. The van der Waals surface area contributed by atoms with Crippen molar-refractivity contribution in [3.05, 3.63) is 35.4 Å². The first-order chi connectivity index (χ1) is 6.36. The van der Waals surface area contributed by atoms with E-state index in [2.05, 4.69) is 11.8 Å². The SMILES string of the molecule is O=CCC#Cc1ccc(CO)cc1. The lowest BCUT2D eigenvalue weighted by Gasteiger charge is -1.94. The molecule has 2 heteroatoms. The van der Waals surface area contributed by atoms with Gasteiger partial charge in [0, 0.05) is 5.56 Å². The average Bonchev–Trinajstić information content (AvgIpc) is 2.19. The fourth-order valence-electron chi connectivity index (χ4n) is 0.888. The molecule has 1 aromatic rings. The van der Waals surface area contributed by atoms with E-state index in [1.165, 1.54) is 0 Å². The van der Waals surface area contributed by atoms with E-state index >= 15 is 0 Å². The second-order valence-electron chi connectivity index (χ2n) is 2.53. The maximum absolute atomic E-state index is 9.96. The van der Waals surface area contributed by atoms with E-state index in [1.807, 2.05) is 24.3 Å². The standard InChI is InChI=1S/C11H10O2/c12-8-2-1-3-10-4-6-11(9-13)7-5-10/h4-8,13H,2,9H2. The first-order valence-corrected chi connectivity index (χ1v) is 3.99. The monoisotopic (exact) mass is 174 g/mol. The summed E-state index contributed by atoms with van der Waals surface area (Å²) in [5.41, 5.74) is 1.72. The third kappa shape index (κ3) is 3.10. The van der Waals surface area contributed by atoms with E-state index in [9.17, 15) is 4.79 Å². The summed E-state index contributed by atoms with van der Waals surface area (Å²) in [4.78, 5) is 9.96.